The van der Waals surface area contributed by atoms with E-state index in [-0.39, 0.29) is 0 Å². The lowest BCUT2D eigenvalue weighted by atomic mass is 10.1. The number of ether oxygens (including phenoxy) is 12. The number of nitrogens with zero attached hydrogens (tertiary/aromatic N) is 2. The molecule has 6 aromatic rings. The van der Waals surface area contributed by atoms with Gasteiger partial charge >= 0.3 is 11.0 Å². The van der Waals surface area contributed by atoms with Crippen LogP contribution in [0.5, 0.6) is 23.0 Å². The molecule has 0 spiro atoms. The van der Waals surface area contributed by atoms with E-state index in [0.29, 0.717) is 155 Å². The first-order valence-corrected chi connectivity index (χ1v) is 33.5. The number of pyridine rings is 2. The number of aryl methyl sites for hydroxylation is 2. The van der Waals surface area contributed by atoms with Crippen molar-refractivity contribution in [1.29, 1.82) is 0 Å². The van der Waals surface area contributed by atoms with E-state index in [4.69, 9.17) is 82.8 Å². The fourth-order valence-electron chi connectivity index (χ4n) is 8.16. The summed E-state index contributed by atoms with van der Waals surface area (Å²) in [4.78, 5) is 0. The average Bonchev–Trinajstić information content (AvgIpc) is 0.856. The van der Waals surface area contributed by atoms with Crippen LogP contribution < -0.4 is 28.1 Å². The number of benzene rings is 4. The molecule has 0 atom stereocenters. The zero-order valence-corrected chi connectivity index (χ0v) is 55.0. The maximum Gasteiger partial charge on any atom is 0.485 e. The van der Waals surface area contributed by atoms with Crippen molar-refractivity contribution in [1.82, 2.24) is 0 Å². The molecule has 0 unspecified atom stereocenters. The summed E-state index contributed by atoms with van der Waals surface area (Å²) in [6.07, 6.45) is 12.4. The van der Waals surface area contributed by atoms with Crippen molar-refractivity contribution in [3.63, 3.8) is 0 Å². The highest BCUT2D eigenvalue weighted by molar-refractivity contribution is 7.86. The summed E-state index contributed by atoms with van der Waals surface area (Å²) in [5.74, 6) is 2.52. The summed E-state index contributed by atoms with van der Waals surface area (Å²) < 4.78 is 194. The van der Waals surface area contributed by atoms with Crippen LogP contribution in [0.1, 0.15) is 75.6 Å². The number of aromatic nitrogens is 2. The molecule has 94 heavy (non-hydrogen) atoms. The van der Waals surface area contributed by atoms with Gasteiger partial charge in [0.25, 0.3) is 0 Å². The van der Waals surface area contributed by atoms with Crippen molar-refractivity contribution in [3.05, 3.63) is 156 Å². The van der Waals surface area contributed by atoms with Gasteiger partial charge in [0.1, 0.15) is 26.4 Å². The summed E-state index contributed by atoms with van der Waals surface area (Å²) in [6.45, 7) is 19.5. The molecule has 522 valence electrons. The monoisotopic (exact) mass is 1370 g/mol. The number of rotatable bonds is 21. The Labute approximate surface area is 547 Å². The van der Waals surface area contributed by atoms with Crippen LogP contribution in [-0.4, -0.2) is 143 Å². The summed E-state index contributed by atoms with van der Waals surface area (Å²) in [5, 5.41) is 0. The van der Waals surface area contributed by atoms with Crippen LogP contribution in [0.15, 0.2) is 134 Å². The zero-order chi connectivity index (χ0) is 68.5. The Morgan fingerprint density at radius 2 is 0.585 bits per heavy atom. The number of hydrogen-bond donors (Lipinski definition) is 0. The second-order valence-electron chi connectivity index (χ2n) is 20.4. The van der Waals surface area contributed by atoms with Crippen molar-refractivity contribution >= 4 is 20.2 Å². The predicted octanol–water partition coefficient (Wildman–Crippen LogP) is 11.1. The van der Waals surface area contributed by atoms with Crippen molar-refractivity contribution < 1.29 is 118 Å². The summed E-state index contributed by atoms with van der Waals surface area (Å²) >= 11 is 0. The molecular formula is C66H86F6N2O18S2. The molecule has 0 N–H and O–H groups in total. The second-order valence-corrected chi connectivity index (χ2v) is 23.1. The van der Waals surface area contributed by atoms with Gasteiger partial charge in [0, 0.05) is 50.7 Å². The molecule has 0 aliphatic carbocycles. The maximum absolute atomic E-state index is 10.7. The van der Waals surface area contributed by atoms with Gasteiger partial charge in [-0.05, 0) is 94.5 Å². The van der Waals surface area contributed by atoms with Crippen LogP contribution in [0.2, 0.25) is 0 Å². The lowest BCUT2D eigenvalue weighted by molar-refractivity contribution is -0.778. The van der Waals surface area contributed by atoms with Crippen molar-refractivity contribution in [2.45, 2.75) is 104 Å². The van der Waals surface area contributed by atoms with E-state index in [1.807, 2.05) is 36.4 Å². The van der Waals surface area contributed by atoms with Crippen molar-refractivity contribution in [2.75, 3.05) is 106 Å². The number of alkyl halides is 6. The van der Waals surface area contributed by atoms with Crippen LogP contribution in [0.4, 0.5) is 26.3 Å². The molecule has 2 aromatic heterocycles. The van der Waals surface area contributed by atoms with Crippen LogP contribution in [0.3, 0.4) is 0 Å². The molecule has 4 aromatic carbocycles. The van der Waals surface area contributed by atoms with Gasteiger partial charge in [0.05, 0.1) is 79.3 Å². The molecule has 0 radical (unpaired) electrons. The van der Waals surface area contributed by atoms with Gasteiger partial charge in [0.15, 0.2) is 68.0 Å². The number of halogens is 6. The molecule has 0 bridgehead atoms. The van der Waals surface area contributed by atoms with E-state index in [2.05, 4.69) is 134 Å². The molecule has 0 fully saturated rings. The molecule has 0 saturated carbocycles. The molecule has 20 nitrogen and oxygen atoms in total. The van der Waals surface area contributed by atoms with Gasteiger partial charge in [-0.2, -0.15) is 35.5 Å². The van der Waals surface area contributed by atoms with Gasteiger partial charge in [-0.15, -0.1) is 0 Å². The zero-order valence-electron chi connectivity index (χ0n) is 53.4. The summed E-state index contributed by atoms with van der Waals surface area (Å²) in [6, 6.07) is 37.6. The topological polar surface area (TPSA) is 233 Å². The molecule has 0 amide bonds. The van der Waals surface area contributed by atoms with Gasteiger partial charge in [-0.1, -0.05) is 88.4 Å². The lowest BCUT2D eigenvalue weighted by Crippen LogP contribution is -2.43. The van der Waals surface area contributed by atoms with E-state index in [9.17, 15) is 26.3 Å². The normalized spacial score (nSPS) is 14.1. The molecule has 3 heterocycles. The van der Waals surface area contributed by atoms with E-state index in [0.717, 1.165) is 61.0 Å². The standard InChI is InChI=1S/C40H64O12.C24H22N2.2CHF3O3S/c1-5-9-45-29-33-25-37-38(26-34(33)30-46-10-6-2)50-22-18-42-15-16-44-20-24-52-40-28-36(32-48-12-8-4)35(31-47-11-7-3)27-39(40)51-23-19-43-14-13-41-17-21-49-37;1-3-7-21(8-4-1)23-11-15-25(16-12-23)19-20-26-17-13-24(14-18-26)22-9-5-2-6-10-22;2*2-1(3,4)8(5,6)7/h25-28H,5-24,29-32H2,1-4H3;1-18H,19-20H2;2*(H,5,6,7)/q;+2;;/p-2. The lowest BCUT2D eigenvalue weighted by Gasteiger charge is -2.19. The van der Waals surface area contributed by atoms with E-state index < -0.39 is 31.3 Å². The summed E-state index contributed by atoms with van der Waals surface area (Å²) in [5.41, 5.74) is -2.23. The minimum Gasteiger partial charge on any atom is -0.741 e. The van der Waals surface area contributed by atoms with Gasteiger partial charge in [-0.25, -0.2) is 16.8 Å². The van der Waals surface area contributed by atoms with Crippen LogP contribution >= 0.6 is 0 Å². The highest BCUT2D eigenvalue weighted by Crippen LogP contribution is 2.34. The number of hydrogen-bond acceptors (Lipinski definition) is 18. The molecule has 1 aliphatic heterocycles. The first kappa shape index (κ1) is 79.9. The Morgan fingerprint density at radius 3 is 0.798 bits per heavy atom. The van der Waals surface area contributed by atoms with Crippen LogP contribution in [0.25, 0.3) is 22.3 Å². The number of fused-ring (bicyclic) bond motifs is 2. The van der Waals surface area contributed by atoms with Gasteiger partial charge in [0.2, 0.25) is 13.1 Å². The fourth-order valence-corrected chi connectivity index (χ4v) is 8.16. The minimum absolute atomic E-state index is 0.348. The first-order valence-electron chi connectivity index (χ1n) is 30.7. The fraction of sp³-hybridized carbons (Fsp3) is 0.485. The third-order valence-electron chi connectivity index (χ3n) is 12.8. The van der Waals surface area contributed by atoms with E-state index >= 15 is 0 Å². The molecule has 1 aliphatic rings. The van der Waals surface area contributed by atoms with Gasteiger partial charge in [-0.3, -0.25) is 0 Å². The average molecular weight is 1370 g/mol. The van der Waals surface area contributed by atoms with Crippen LogP contribution in [-0.2, 0) is 97.6 Å². The molecular weight excluding hydrogens is 1290 g/mol. The van der Waals surface area contributed by atoms with E-state index in [1.165, 1.54) is 22.3 Å². The van der Waals surface area contributed by atoms with Crippen molar-refractivity contribution in [3.8, 4) is 45.3 Å². The Kier molecular flexibility index (Phi) is 37.6. The Morgan fingerprint density at radius 1 is 0.372 bits per heavy atom. The predicted molar refractivity (Wildman–Crippen MR) is 334 cm³/mol. The minimum atomic E-state index is -6.09. The Hall–Kier alpha value is -6.54. The Bertz CT molecular complexity index is 2940. The first-order chi connectivity index (χ1) is 45.1. The SMILES string of the molecule is CCCOCc1cc2c(cc1COCCC)OCCOCCOCCOc1cc(COCCC)c(COCCC)cc1OCCOCCOCCO2.O=S(=O)([O-])C(F)(F)F.O=S(=O)([O-])C(F)(F)F.c1ccc(-c2cc[n+](CC[n+]3ccc(-c4ccccc4)cc3)cc2)cc1. The maximum atomic E-state index is 10.7. The van der Waals surface area contributed by atoms with Crippen molar-refractivity contribution in [2.24, 2.45) is 0 Å². The third-order valence-corrected chi connectivity index (χ3v) is 14.0. The highest BCUT2D eigenvalue weighted by atomic mass is 32.2. The van der Waals surface area contributed by atoms with Gasteiger partial charge < -0.3 is 65.9 Å². The van der Waals surface area contributed by atoms with E-state index in [1.54, 1.807) is 0 Å². The second kappa shape index (κ2) is 44.2. The smallest absolute Gasteiger partial charge is 0.485 e. The largest absolute Gasteiger partial charge is 0.741 e. The summed E-state index contributed by atoms with van der Waals surface area (Å²) in [7, 11) is -12.2. The quantitative estimate of drug-likeness (QED) is 0.0214. The van der Waals surface area contributed by atoms with Crippen LogP contribution in [0, 0.1) is 0 Å². The third kappa shape index (κ3) is 31.8. The highest BCUT2D eigenvalue weighted by Gasteiger charge is 2.37. The Balaban J connectivity index is 0.000000364. The molecule has 28 heteroatoms. The molecule has 0 saturated heterocycles. The molecule has 7 rings (SSSR count).